The maximum atomic E-state index is 10.5. The molecule has 0 spiro atoms. The molecule has 1 rings (SSSR count). The molecule has 144 valence electrons. The van der Waals surface area contributed by atoms with Crippen molar-refractivity contribution in [1.82, 2.24) is 0 Å². The fraction of sp³-hybridized carbons (Fsp3) is 0.750. The van der Waals surface area contributed by atoms with E-state index in [4.69, 9.17) is 5.11 Å². The molecular weight excluding hydrogens is 320 g/mol. The monoisotopic (exact) mass is 354 g/mol. The van der Waals surface area contributed by atoms with Gasteiger partial charge in [0.05, 0.1) is 18.3 Å². The van der Waals surface area contributed by atoms with E-state index in [-0.39, 0.29) is 18.3 Å². The van der Waals surface area contributed by atoms with E-state index in [1.807, 2.05) is 18.2 Å². The van der Waals surface area contributed by atoms with Crippen molar-refractivity contribution in [3.63, 3.8) is 0 Å². The highest BCUT2D eigenvalue weighted by Gasteiger charge is 2.39. The van der Waals surface area contributed by atoms with E-state index in [0.717, 1.165) is 25.7 Å². The van der Waals surface area contributed by atoms with Crippen molar-refractivity contribution in [1.29, 1.82) is 0 Å². The maximum Gasteiger partial charge on any atom is 0.303 e. The maximum absolute atomic E-state index is 10.5. The van der Waals surface area contributed by atoms with Crippen LogP contribution >= 0.6 is 0 Å². The number of carboxylic acids is 1. The van der Waals surface area contributed by atoms with Gasteiger partial charge in [-0.25, -0.2) is 0 Å². The molecule has 1 fully saturated rings. The highest BCUT2D eigenvalue weighted by molar-refractivity contribution is 5.66. The Balaban J connectivity index is 2.46. The SMILES string of the molecule is CCCCC[C@@H](O)C=C[C@@H]1[C@H](CC=CCCCC(=O)O)[C@@H](O)C[C@H]1O. The Morgan fingerprint density at radius 1 is 1.16 bits per heavy atom. The van der Waals surface area contributed by atoms with Crippen molar-refractivity contribution >= 4 is 5.97 Å². The van der Waals surface area contributed by atoms with Crippen LogP contribution < -0.4 is 0 Å². The first kappa shape index (κ1) is 21.9. The molecule has 0 aliphatic heterocycles. The van der Waals surface area contributed by atoms with Crippen LogP contribution in [0.1, 0.15) is 64.7 Å². The summed E-state index contributed by atoms with van der Waals surface area (Å²) in [4.78, 5) is 10.5. The number of hydrogen-bond acceptors (Lipinski definition) is 4. The largest absolute Gasteiger partial charge is 0.481 e. The molecule has 0 aromatic rings. The minimum Gasteiger partial charge on any atom is -0.481 e. The second kappa shape index (κ2) is 12.2. The van der Waals surface area contributed by atoms with Crippen molar-refractivity contribution in [2.75, 3.05) is 0 Å². The molecule has 0 bridgehead atoms. The van der Waals surface area contributed by atoms with Gasteiger partial charge in [0.1, 0.15) is 0 Å². The summed E-state index contributed by atoms with van der Waals surface area (Å²) in [7, 11) is 0. The Labute approximate surface area is 151 Å². The molecule has 5 heteroatoms. The van der Waals surface area contributed by atoms with E-state index in [1.54, 1.807) is 6.08 Å². The van der Waals surface area contributed by atoms with E-state index in [0.29, 0.717) is 25.7 Å². The summed E-state index contributed by atoms with van der Waals surface area (Å²) in [6.07, 6.45) is 12.3. The van der Waals surface area contributed by atoms with Gasteiger partial charge in [0.15, 0.2) is 0 Å². The molecule has 5 nitrogen and oxygen atoms in total. The smallest absolute Gasteiger partial charge is 0.303 e. The van der Waals surface area contributed by atoms with E-state index in [2.05, 4.69) is 6.92 Å². The van der Waals surface area contributed by atoms with Crippen molar-refractivity contribution < 1.29 is 25.2 Å². The first-order valence-corrected chi connectivity index (χ1v) is 9.55. The van der Waals surface area contributed by atoms with E-state index < -0.39 is 24.3 Å². The van der Waals surface area contributed by atoms with Crippen molar-refractivity contribution in [2.24, 2.45) is 11.8 Å². The van der Waals surface area contributed by atoms with Gasteiger partial charge in [-0.05, 0) is 31.6 Å². The second-order valence-electron chi connectivity index (χ2n) is 7.05. The summed E-state index contributed by atoms with van der Waals surface area (Å²) >= 11 is 0. The van der Waals surface area contributed by atoms with E-state index >= 15 is 0 Å². The molecule has 1 aliphatic rings. The van der Waals surface area contributed by atoms with Gasteiger partial charge in [0.2, 0.25) is 0 Å². The normalized spacial score (nSPS) is 28.2. The van der Waals surface area contributed by atoms with Crippen molar-refractivity contribution in [3.8, 4) is 0 Å². The number of carbonyl (C=O) groups is 1. The third-order valence-electron chi connectivity index (χ3n) is 4.91. The standard InChI is InChI=1S/C20H34O5/c1-2-3-6-9-15(21)12-13-17-16(18(22)14-19(17)23)10-7-4-5-8-11-20(24)25/h4,7,12-13,15-19,21-23H,2-3,5-6,8-11,14H2,1H3,(H,24,25)/t15-,16+,17-,18+,19-/m1/s1. The molecule has 1 saturated carbocycles. The van der Waals surface area contributed by atoms with Gasteiger partial charge >= 0.3 is 5.97 Å². The van der Waals surface area contributed by atoms with Crippen LogP contribution in [-0.4, -0.2) is 44.7 Å². The first-order chi connectivity index (χ1) is 12.0. The topological polar surface area (TPSA) is 98.0 Å². The zero-order chi connectivity index (χ0) is 18.7. The highest BCUT2D eigenvalue weighted by Crippen LogP contribution is 2.36. The molecular formula is C20H34O5. The molecule has 0 aromatic heterocycles. The van der Waals surface area contributed by atoms with Gasteiger partial charge < -0.3 is 20.4 Å². The fourth-order valence-corrected chi connectivity index (χ4v) is 3.41. The number of aliphatic hydroxyl groups is 3. The van der Waals surface area contributed by atoms with Gasteiger partial charge in [-0.3, -0.25) is 4.79 Å². The lowest BCUT2D eigenvalue weighted by molar-refractivity contribution is -0.137. The van der Waals surface area contributed by atoms with Gasteiger partial charge in [0.25, 0.3) is 0 Å². The average Bonchev–Trinajstić information content (AvgIpc) is 2.82. The Morgan fingerprint density at radius 3 is 2.60 bits per heavy atom. The molecule has 4 N–H and O–H groups in total. The molecule has 0 heterocycles. The van der Waals surface area contributed by atoms with Gasteiger partial charge in [-0.1, -0.05) is 50.5 Å². The van der Waals surface area contributed by atoms with Crippen LogP contribution in [0.5, 0.6) is 0 Å². The van der Waals surface area contributed by atoms with Crippen LogP contribution in [0, 0.1) is 11.8 Å². The number of hydrogen-bond donors (Lipinski definition) is 4. The summed E-state index contributed by atoms with van der Waals surface area (Å²) in [5.74, 6) is -1.00. The Bertz CT molecular complexity index is 432. The van der Waals surface area contributed by atoms with E-state index in [1.165, 1.54) is 0 Å². The van der Waals surface area contributed by atoms with Crippen LogP contribution in [0.15, 0.2) is 24.3 Å². The van der Waals surface area contributed by atoms with Crippen LogP contribution in [0.2, 0.25) is 0 Å². The third-order valence-corrected chi connectivity index (χ3v) is 4.91. The Hall–Kier alpha value is -1.17. The Morgan fingerprint density at radius 2 is 1.92 bits per heavy atom. The van der Waals surface area contributed by atoms with Crippen LogP contribution in [0.3, 0.4) is 0 Å². The average molecular weight is 354 g/mol. The number of carboxylic acid groups (broad SMARTS) is 1. The van der Waals surface area contributed by atoms with E-state index in [9.17, 15) is 20.1 Å². The molecule has 0 amide bonds. The lowest BCUT2D eigenvalue weighted by Gasteiger charge is -2.19. The summed E-state index contributed by atoms with van der Waals surface area (Å²) < 4.78 is 0. The number of aliphatic carboxylic acids is 1. The molecule has 25 heavy (non-hydrogen) atoms. The van der Waals surface area contributed by atoms with Gasteiger partial charge in [-0.15, -0.1) is 0 Å². The number of rotatable bonds is 12. The number of allylic oxidation sites excluding steroid dienone is 2. The quantitative estimate of drug-likeness (QED) is 0.319. The molecule has 0 unspecified atom stereocenters. The minimum atomic E-state index is -0.787. The molecule has 1 aliphatic carbocycles. The van der Waals surface area contributed by atoms with Crippen LogP contribution in [-0.2, 0) is 4.79 Å². The lowest BCUT2D eigenvalue weighted by atomic mass is 9.89. The highest BCUT2D eigenvalue weighted by atomic mass is 16.4. The van der Waals surface area contributed by atoms with Gasteiger partial charge in [0, 0.05) is 18.8 Å². The second-order valence-corrected chi connectivity index (χ2v) is 7.05. The first-order valence-electron chi connectivity index (χ1n) is 9.55. The molecule has 0 saturated heterocycles. The number of unbranched alkanes of at least 4 members (excludes halogenated alkanes) is 3. The van der Waals surface area contributed by atoms with Gasteiger partial charge in [-0.2, -0.15) is 0 Å². The summed E-state index contributed by atoms with van der Waals surface area (Å²) in [5, 5.41) is 39.0. The molecule has 5 atom stereocenters. The minimum absolute atomic E-state index is 0.0650. The fourth-order valence-electron chi connectivity index (χ4n) is 3.41. The third kappa shape index (κ3) is 8.66. The molecule has 0 aromatic carbocycles. The van der Waals surface area contributed by atoms with Crippen molar-refractivity contribution in [3.05, 3.63) is 24.3 Å². The zero-order valence-electron chi connectivity index (χ0n) is 15.3. The van der Waals surface area contributed by atoms with Crippen molar-refractivity contribution in [2.45, 2.75) is 83.0 Å². The summed E-state index contributed by atoms with van der Waals surface area (Å²) in [6, 6.07) is 0. The van der Waals surface area contributed by atoms with Crippen LogP contribution in [0.4, 0.5) is 0 Å². The van der Waals surface area contributed by atoms with Crippen LogP contribution in [0.25, 0.3) is 0 Å². The number of aliphatic hydroxyl groups excluding tert-OH is 3. The molecule has 0 radical (unpaired) electrons. The summed E-state index contributed by atoms with van der Waals surface area (Å²) in [5.41, 5.74) is 0. The zero-order valence-corrected chi connectivity index (χ0v) is 15.3. The lowest BCUT2D eigenvalue weighted by Crippen LogP contribution is -2.20. The predicted molar refractivity (Wildman–Crippen MR) is 98.1 cm³/mol. The Kier molecular flexibility index (Phi) is 10.7. The predicted octanol–water partition coefficient (Wildman–Crippen LogP) is 3.04. The summed E-state index contributed by atoms with van der Waals surface area (Å²) in [6.45, 7) is 2.12.